The Hall–Kier alpha value is -7.94. The van der Waals surface area contributed by atoms with Crippen LogP contribution in [0.25, 0.3) is 11.0 Å². The molecule has 0 spiro atoms. The minimum Gasteiger partial charge on any atom is -0.495 e. The molecule has 0 bridgehead atoms. The number of hydrogen-bond donors (Lipinski definition) is 6. The van der Waals surface area contributed by atoms with E-state index >= 15 is 0 Å². The van der Waals surface area contributed by atoms with Crippen LogP contribution in [-0.4, -0.2) is 126 Å². The number of rotatable bonds is 16. The number of amides is 7. The highest BCUT2D eigenvalue weighted by Crippen LogP contribution is 2.39. The lowest BCUT2D eigenvalue weighted by atomic mass is 10.0. The van der Waals surface area contributed by atoms with Crippen LogP contribution in [0.5, 0.6) is 5.75 Å². The van der Waals surface area contributed by atoms with E-state index in [-0.39, 0.29) is 91.5 Å². The van der Waals surface area contributed by atoms with E-state index in [2.05, 4.69) is 41.5 Å². The van der Waals surface area contributed by atoms with Crippen LogP contribution in [0.15, 0.2) is 60.8 Å². The third-order valence-electron chi connectivity index (χ3n) is 11.3. The molecule has 3 aliphatic heterocycles. The molecule has 336 valence electrons. The molecule has 20 nitrogen and oxygen atoms in total. The van der Waals surface area contributed by atoms with Gasteiger partial charge in [-0.1, -0.05) is 12.1 Å². The molecule has 6 N–H and O–H groups in total. The van der Waals surface area contributed by atoms with Gasteiger partial charge in [0.15, 0.2) is 0 Å². The summed E-state index contributed by atoms with van der Waals surface area (Å²) in [7, 11) is 4.46. The Morgan fingerprint density at radius 2 is 1.75 bits per heavy atom. The molecule has 0 radical (unpaired) electrons. The van der Waals surface area contributed by atoms with Gasteiger partial charge in [0.2, 0.25) is 29.6 Å². The van der Waals surface area contributed by atoms with Crippen molar-refractivity contribution in [1.82, 2.24) is 35.4 Å². The van der Waals surface area contributed by atoms with Crippen LogP contribution in [-0.2, 0) is 30.3 Å². The van der Waals surface area contributed by atoms with Gasteiger partial charge in [0.1, 0.15) is 29.1 Å². The molecule has 2 aromatic heterocycles. The number of carbonyl (C=O) groups is 7. The number of hydrogen-bond acceptors (Lipinski definition) is 14. The van der Waals surface area contributed by atoms with Crippen LogP contribution in [0.4, 0.5) is 38.9 Å². The van der Waals surface area contributed by atoms with Crippen molar-refractivity contribution in [3.8, 4) is 5.75 Å². The number of H-pyrrole nitrogens is 1. The number of nitrogens with zero attached hydrogens (tertiary/aromatic N) is 5. The quantitative estimate of drug-likeness (QED) is 0.0616. The predicted molar refractivity (Wildman–Crippen MR) is 234 cm³/mol. The molecule has 3 aliphatic rings. The van der Waals surface area contributed by atoms with Crippen LogP contribution in [0.2, 0.25) is 0 Å². The number of ether oxygens (including phenoxy) is 2. The molecule has 21 heteroatoms. The number of anilines is 6. The summed E-state index contributed by atoms with van der Waals surface area (Å²) < 4.78 is 26.2. The van der Waals surface area contributed by atoms with Crippen LogP contribution < -0.4 is 36.2 Å². The van der Waals surface area contributed by atoms with E-state index < -0.39 is 41.4 Å². The second kappa shape index (κ2) is 18.4. The van der Waals surface area contributed by atoms with Crippen molar-refractivity contribution < 1.29 is 47.4 Å². The van der Waals surface area contributed by atoms with E-state index in [1.54, 1.807) is 41.4 Å². The third kappa shape index (κ3) is 8.72. The highest BCUT2D eigenvalue weighted by molar-refractivity contribution is 6.25. The van der Waals surface area contributed by atoms with Crippen molar-refractivity contribution in [3.63, 3.8) is 0 Å². The van der Waals surface area contributed by atoms with Gasteiger partial charge in [0, 0.05) is 51.2 Å². The number of fused-ring (bicyclic) bond motifs is 3. The minimum atomic E-state index is -1.08. The first-order valence-corrected chi connectivity index (χ1v) is 20.7. The molecule has 0 aliphatic carbocycles. The minimum absolute atomic E-state index is 0.00536. The van der Waals surface area contributed by atoms with Crippen molar-refractivity contribution in [2.24, 2.45) is 0 Å². The van der Waals surface area contributed by atoms with Gasteiger partial charge in [0.05, 0.1) is 66.7 Å². The number of likely N-dealkylation sites (N-methyl/N-ethyl adjacent to an activating group) is 1. The van der Waals surface area contributed by atoms with Crippen LogP contribution in [0.3, 0.4) is 0 Å². The molecular weight excluding hydrogens is 846 g/mol. The lowest BCUT2D eigenvalue weighted by molar-refractivity contribution is -0.136. The molecule has 1 atom stereocenters. The molecule has 5 aromatic rings. The van der Waals surface area contributed by atoms with E-state index in [9.17, 15) is 38.0 Å². The molecule has 1 unspecified atom stereocenters. The van der Waals surface area contributed by atoms with Crippen LogP contribution >= 0.6 is 0 Å². The molecule has 0 saturated carbocycles. The highest BCUT2D eigenvalue weighted by atomic mass is 19.1. The monoisotopic (exact) mass is 889 g/mol. The number of imide groups is 2. The topological polar surface area (TPSA) is 249 Å². The lowest BCUT2D eigenvalue weighted by Gasteiger charge is -2.27. The largest absolute Gasteiger partial charge is 0.495 e. The lowest BCUT2D eigenvalue weighted by Crippen LogP contribution is -2.54. The van der Waals surface area contributed by atoms with Crippen molar-refractivity contribution in [2.45, 2.75) is 31.7 Å². The van der Waals surface area contributed by atoms with E-state index in [4.69, 9.17) is 9.47 Å². The first-order valence-electron chi connectivity index (χ1n) is 20.7. The fourth-order valence-corrected chi connectivity index (χ4v) is 8.01. The molecular formula is C44H44FN11O9. The maximum atomic E-state index is 14.8. The van der Waals surface area contributed by atoms with Gasteiger partial charge in [-0.2, -0.15) is 9.97 Å². The van der Waals surface area contributed by atoms with Crippen LogP contribution in [0.1, 0.15) is 55.9 Å². The first kappa shape index (κ1) is 43.7. The number of carbonyl (C=O) groups excluding carboxylic acids is 7. The Labute approximate surface area is 370 Å². The first-order chi connectivity index (χ1) is 31.4. The van der Waals surface area contributed by atoms with Crippen molar-refractivity contribution >= 4 is 86.9 Å². The number of aromatic nitrogens is 3. The second-order valence-electron chi connectivity index (χ2n) is 15.3. The van der Waals surface area contributed by atoms with Gasteiger partial charge in [-0.15, -0.1) is 0 Å². The fraction of sp³-hybridized carbons (Fsp3) is 0.295. The van der Waals surface area contributed by atoms with Crippen molar-refractivity contribution in [1.29, 1.82) is 0 Å². The van der Waals surface area contributed by atoms with E-state index in [1.165, 1.54) is 44.3 Å². The maximum absolute atomic E-state index is 14.8. The fourth-order valence-electron chi connectivity index (χ4n) is 8.01. The Morgan fingerprint density at radius 3 is 2.54 bits per heavy atom. The smallest absolute Gasteiger partial charge is 0.264 e. The Balaban J connectivity index is 0.856. The zero-order valence-corrected chi connectivity index (χ0v) is 35.5. The maximum Gasteiger partial charge on any atom is 0.264 e. The summed E-state index contributed by atoms with van der Waals surface area (Å²) >= 11 is 0. The summed E-state index contributed by atoms with van der Waals surface area (Å²) in [6, 6.07) is 13.2. The number of piperidine rings is 1. The summed E-state index contributed by atoms with van der Waals surface area (Å²) in [6.45, 7) is 0.610. The Bertz CT molecular complexity index is 2780. The second-order valence-corrected chi connectivity index (χ2v) is 15.3. The number of benzene rings is 3. The molecule has 65 heavy (non-hydrogen) atoms. The third-order valence-corrected chi connectivity index (χ3v) is 11.3. The molecule has 7 amide bonds. The average Bonchev–Trinajstić information content (AvgIpc) is 4.00. The zero-order valence-electron chi connectivity index (χ0n) is 35.5. The van der Waals surface area contributed by atoms with Gasteiger partial charge >= 0.3 is 0 Å². The molecule has 8 rings (SSSR count). The van der Waals surface area contributed by atoms with E-state index in [0.717, 1.165) is 10.5 Å². The number of methoxy groups -OCH3 is 1. The van der Waals surface area contributed by atoms with Gasteiger partial charge in [-0.3, -0.25) is 43.8 Å². The molecule has 1 saturated heterocycles. The molecule has 5 heterocycles. The van der Waals surface area contributed by atoms with Gasteiger partial charge < -0.3 is 45.5 Å². The zero-order chi connectivity index (χ0) is 45.9. The van der Waals surface area contributed by atoms with Crippen molar-refractivity contribution in [2.75, 3.05) is 74.9 Å². The Morgan fingerprint density at radius 1 is 0.954 bits per heavy atom. The van der Waals surface area contributed by atoms with Crippen molar-refractivity contribution in [3.05, 3.63) is 88.9 Å². The van der Waals surface area contributed by atoms with Gasteiger partial charge in [-0.25, -0.2) is 4.39 Å². The summed E-state index contributed by atoms with van der Waals surface area (Å²) in [4.78, 5) is 106. The van der Waals surface area contributed by atoms with Gasteiger partial charge in [-0.05, 0) is 60.9 Å². The average molecular weight is 890 g/mol. The number of halogens is 1. The predicted octanol–water partition coefficient (Wildman–Crippen LogP) is 3.22. The highest BCUT2D eigenvalue weighted by Gasteiger charge is 2.45. The molecule has 3 aromatic carbocycles. The summed E-state index contributed by atoms with van der Waals surface area (Å²) in [6.07, 6.45) is 2.28. The van der Waals surface area contributed by atoms with Gasteiger partial charge in [0.25, 0.3) is 17.7 Å². The summed E-state index contributed by atoms with van der Waals surface area (Å²) in [5, 5.41) is 14.6. The summed E-state index contributed by atoms with van der Waals surface area (Å²) in [5.74, 6) is -3.46. The normalized spacial score (nSPS) is 15.4. The number of nitrogens with one attached hydrogen (secondary N) is 6. The van der Waals surface area contributed by atoms with E-state index in [0.29, 0.717) is 46.8 Å². The Kier molecular flexibility index (Phi) is 12.4. The number of aromatic amines is 1. The molecule has 1 fully saturated rings. The standard InChI is InChI=1S/C44H44FN11O9/c1-46-41(61)37-26(45)7-5-9-28(37)49-39-25-12-15-48-38(25)52-44(53-39)50-29-21-31-23(20-32(29)64-3)13-17-55(31)35(59)22-54(2)34(58)14-18-65-19-16-47-27-8-4-6-24-36(27)43(63)56(42(24)62)30-10-11-33(57)51-40(30)60/h4-9,12,15,20-21,30,47H,10-11,13-14,16-19,22H2,1-3H3,(H,46,61)(H,51,57,60)(H3,48,49,50,52,53). The SMILES string of the molecule is CNC(=O)c1c(F)cccc1Nc1nc(Nc2cc3c(cc2OC)CCN3C(=O)CN(C)C(=O)CCOCCNc2cccc3c2C(=O)N(C2CCC(=O)NC2=O)C3=O)nc2[nH]ccc12. The van der Waals surface area contributed by atoms with Crippen LogP contribution in [0, 0.1) is 5.82 Å². The van der Waals surface area contributed by atoms with E-state index in [1.807, 2.05) is 6.07 Å². The summed E-state index contributed by atoms with van der Waals surface area (Å²) in [5.41, 5.74) is 3.04.